The molecule has 1 aromatic heterocycles. The second-order valence-electron chi connectivity index (χ2n) is 6.61. The zero-order valence-electron chi connectivity index (χ0n) is 14.1. The molecule has 0 saturated heterocycles. The molecule has 25 heavy (non-hydrogen) atoms. The van der Waals surface area contributed by atoms with Gasteiger partial charge in [-0.2, -0.15) is 0 Å². The molecule has 1 saturated carbocycles. The maximum Gasteiger partial charge on any atom is 0.329 e. The van der Waals surface area contributed by atoms with Gasteiger partial charge in [-0.1, -0.05) is 25.0 Å². The molecule has 1 aliphatic carbocycles. The van der Waals surface area contributed by atoms with Crippen LogP contribution >= 0.6 is 0 Å². The van der Waals surface area contributed by atoms with Gasteiger partial charge in [0.05, 0.1) is 17.2 Å². The van der Waals surface area contributed by atoms with E-state index < -0.39 is 11.5 Å². The number of rotatable bonds is 5. The van der Waals surface area contributed by atoms with Crippen molar-refractivity contribution in [1.82, 2.24) is 14.9 Å². The van der Waals surface area contributed by atoms with Gasteiger partial charge in [-0.15, -0.1) is 0 Å². The Kier molecular flexibility index (Phi) is 4.57. The number of aryl methyl sites for hydroxylation is 2. The van der Waals surface area contributed by atoms with Crippen molar-refractivity contribution in [1.29, 1.82) is 0 Å². The molecule has 1 aromatic carbocycles. The summed E-state index contributed by atoms with van der Waals surface area (Å²) < 4.78 is 1.39. The van der Waals surface area contributed by atoms with Gasteiger partial charge in [0.25, 0.3) is 5.56 Å². The number of amides is 1. The average Bonchev–Trinajstić information content (AvgIpc) is 3.05. The molecular weight excluding hydrogens is 322 g/mol. The molecule has 0 atom stereocenters. The molecule has 1 aliphatic rings. The molecule has 0 aliphatic heterocycles. The quantitative estimate of drug-likeness (QED) is 0.859. The van der Waals surface area contributed by atoms with E-state index in [0.717, 1.165) is 18.4 Å². The summed E-state index contributed by atoms with van der Waals surface area (Å²) >= 11 is 0. The van der Waals surface area contributed by atoms with Crippen LogP contribution in [0, 0.1) is 6.92 Å². The van der Waals surface area contributed by atoms with Crippen molar-refractivity contribution >= 4 is 22.8 Å². The molecule has 132 valence electrons. The van der Waals surface area contributed by atoms with Gasteiger partial charge in [-0.3, -0.25) is 14.2 Å². The van der Waals surface area contributed by atoms with Crippen LogP contribution in [0.4, 0.5) is 0 Å². The monoisotopic (exact) mass is 343 g/mol. The first kappa shape index (κ1) is 17.1. The fourth-order valence-corrected chi connectivity index (χ4v) is 3.42. The minimum atomic E-state index is -1.15. The first-order chi connectivity index (χ1) is 11.9. The van der Waals surface area contributed by atoms with E-state index in [1.807, 2.05) is 13.0 Å². The van der Waals surface area contributed by atoms with Crippen molar-refractivity contribution in [2.45, 2.75) is 51.1 Å². The van der Waals surface area contributed by atoms with E-state index >= 15 is 0 Å². The van der Waals surface area contributed by atoms with E-state index in [9.17, 15) is 19.5 Å². The maximum atomic E-state index is 12.5. The highest BCUT2D eigenvalue weighted by atomic mass is 16.4. The van der Waals surface area contributed by atoms with E-state index in [4.69, 9.17) is 0 Å². The number of nitrogens with zero attached hydrogens (tertiary/aromatic N) is 2. The van der Waals surface area contributed by atoms with Crippen molar-refractivity contribution in [2.24, 2.45) is 0 Å². The number of carbonyl (C=O) groups excluding carboxylic acids is 1. The SMILES string of the molecule is Cc1cccc2c(=O)n(CCC(=O)NC3(C(=O)O)CCCC3)cnc12. The van der Waals surface area contributed by atoms with Crippen molar-refractivity contribution in [3.63, 3.8) is 0 Å². The summed E-state index contributed by atoms with van der Waals surface area (Å²) in [7, 11) is 0. The number of hydrogen-bond acceptors (Lipinski definition) is 4. The average molecular weight is 343 g/mol. The van der Waals surface area contributed by atoms with E-state index in [1.165, 1.54) is 10.9 Å². The fourth-order valence-electron chi connectivity index (χ4n) is 3.42. The summed E-state index contributed by atoms with van der Waals surface area (Å²) in [6, 6.07) is 5.40. The van der Waals surface area contributed by atoms with E-state index in [2.05, 4.69) is 10.3 Å². The lowest BCUT2D eigenvalue weighted by molar-refractivity contribution is -0.147. The molecule has 0 unspecified atom stereocenters. The highest BCUT2D eigenvalue weighted by Crippen LogP contribution is 2.30. The molecule has 1 fully saturated rings. The zero-order valence-corrected chi connectivity index (χ0v) is 14.1. The lowest BCUT2D eigenvalue weighted by atomic mass is 9.97. The second-order valence-corrected chi connectivity index (χ2v) is 6.61. The van der Waals surface area contributed by atoms with E-state index in [1.54, 1.807) is 12.1 Å². The van der Waals surface area contributed by atoms with Crippen LogP contribution in [-0.2, 0) is 16.1 Å². The molecule has 7 nitrogen and oxygen atoms in total. The Bertz CT molecular complexity index is 882. The largest absolute Gasteiger partial charge is 0.480 e. The number of hydrogen-bond donors (Lipinski definition) is 2. The summed E-state index contributed by atoms with van der Waals surface area (Å²) in [5.41, 5.74) is 0.226. The lowest BCUT2D eigenvalue weighted by Gasteiger charge is -2.25. The van der Waals surface area contributed by atoms with Gasteiger partial charge < -0.3 is 10.4 Å². The molecule has 0 spiro atoms. The topological polar surface area (TPSA) is 101 Å². The number of aromatic nitrogens is 2. The molecule has 2 aromatic rings. The summed E-state index contributed by atoms with van der Waals surface area (Å²) in [6.07, 6.45) is 3.96. The Labute approximate surface area is 144 Å². The smallest absolute Gasteiger partial charge is 0.329 e. The van der Waals surface area contributed by atoms with Gasteiger partial charge in [0, 0.05) is 13.0 Å². The number of para-hydroxylation sites is 1. The number of fused-ring (bicyclic) bond motifs is 1. The predicted octanol–water partition coefficient (Wildman–Crippen LogP) is 1.61. The van der Waals surface area contributed by atoms with Crippen LogP contribution < -0.4 is 10.9 Å². The van der Waals surface area contributed by atoms with Crippen molar-refractivity contribution in [3.05, 3.63) is 40.4 Å². The standard InChI is InChI=1S/C18H21N3O4/c1-12-5-4-6-13-15(12)19-11-21(16(13)23)10-7-14(22)20-18(17(24)25)8-2-3-9-18/h4-6,11H,2-3,7-10H2,1H3,(H,20,22)(H,24,25). The molecule has 7 heteroatoms. The first-order valence-electron chi connectivity index (χ1n) is 8.42. The predicted molar refractivity (Wildman–Crippen MR) is 92.3 cm³/mol. The van der Waals surface area contributed by atoms with Gasteiger partial charge >= 0.3 is 5.97 Å². The highest BCUT2D eigenvalue weighted by molar-refractivity contribution is 5.87. The lowest BCUT2D eigenvalue weighted by Crippen LogP contribution is -2.52. The molecule has 0 radical (unpaired) electrons. The van der Waals surface area contributed by atoms with Crippen LogP contribution in [0.1, 0.15) is 37.7 Å². The number of aliphatic carboxylic acids is 1. The summed E-state index contributed by atoms with van der Waals surface area (Å²) in [6.45, 7) is 2.05. The zero-order chi connectivity index (χ0) is 18.0. The van der Waals surface area contributed by atoms with E-state index in [-0.39, 0.29) is 24.4 Å². The molecule has 1 heterocycles. The summed E-state index contributed by atoms with van der Waals surface area (Å²) in [5.74, 6) is -1.35. The van der Waals surface area contributed by atoms with E-state index in [0.29, 0.717) is 23.7 Å². The number of nitrogens with one attached hydrogen (secondary N) is 1. The van der Waals surface area contributed by atoms with Crippen molar-refractivity contribution in [3.8, 4) is 0 Å². The van der Waals surface area contributed by atoms with Crippen molar-refractivity contribution < 1.29 is 14.7 Å². The number of carboxylic acid groups (broad SMARTS) is 1. The Morgan fingerprint density at radius 2 is 2.04 bits per heavy atom. The Morgan fingerprint density at radius 1 is 1.32 bits per heavy atom. The molecular formula is C18H21N3O4. The molecule has 2 N–H and O–H groups in total. The van der Waals surface area contributed by atoms with Crippen LogP contribution in [0.5, 0.6) is 0 Å². The Morgan fingerprint density at radius 3 is 2.72 bits per heavy atom. The second kappa shape index (κ2) is 6.66. The van der Waals surface area contributed by atoms with Crippen molar-refractivity contribution in [2.75, 3.05) is 0 Å². The third kappa shape index (κ3) is 3.26. The Balaban J connectivity index is 1.72. The van der Waals surface area contributed by atoms with Crippen LogP contribution in [0.15, 0.2) is 29.3 Å². The Hall–Kier alpha value is -2.70. The van der Waals surface area contributed by atoms with Gasteiger partial charge in [0.1, 0.15) is 5.54 Å². The third-order valence-electron chi connectivity index (χ3n) is 4.88. The molecule has 3 rings (SSSR count). The minimum absolute atomic E-state index is 0.0357. The van der Waals surface area contributed by atoms with Gasteiger partial charge in [0.15, 0.2) is 0 Å². The minimum Gasteiger partial charge on any atom is -0.480 e. The van der Waals surface area contributed by atoms with Crippen LogP contribution in [0.25, 0.3) is 10.9 Å². The number of benzene rings is 1. The van der Waals surface area contributed by atoms with Crippen LogP contribution in [-0.4, -0.2) is 32.1 Å². The van der Waals surface area contributed by atoms with Gasteiger partial charge in [0.2, 0.25) is 5.91 Å². The van der Waals surface area contributed by atoms with Gasteiger partial charge in [-0.25, -0.2) is 9.78 Å². The van der Waals surface area contributed by atoms with Crippen LogP contribution in [0.2, 0.25) is 0 Å². The van der Waals surface area contributed by atoms with Gasteiger partial charge in [-0.05, 0) is 31.4 Å². The number of carbonyl (C=O) groups is 2. The first-order valence-corrected chi connectivity index (χ1v) is 8.42. The number of carboxylic acids is 1. The maximum absolute atomic E-state index is 12.5. The summed E-state index contributed by atoms with van der Waals surface area (Å²) in [5, 5.41) is 12.6. The van der Waals surface area contributed by atoms with Crippen LogP contribution in [0.3, 0.4) is 0 Å². The fraction of sp³-hybridized carbons (Fsp3) is 0.444. The third-order valence-corrected chi connectivity index (χ3v) is 4.88. The molecule has 1 amide bonds. The molecule has 0 bridgehead atoms. The summed E-state index contributed by atoms with van der Waals surface area (Å²) in [4.78, 5) is 40.5. The highest BCUT2D eigenvalue weighted by Gasteiger charge is 2.42. The normalized spacial score (nSPS) is 16.0.